The van der Waals surface area contributed by atoms with Crippen molar-refractivity contribution in [2.75, 3.05) is 5.32 Å². The van der Waals surface area contributed by atoms with E-state index in [1.165, 1.54) is 21.9 Å². The summed E-state index contributed by atoms with van der Waals surface area (Å²) in [6.07, 6.45) is 0.791. The SMILES string of the molecule is CCc1nn2c(=O)cc(CNc3c(C)cc(C)cc3Cl)nc2s1. The van der Waals surface area contributed by atoms with E-state index in [0.29, 0.717) is 22.2 Å². The zero-order valence-corrected chi connectivity index (χ0v) is 14.8. The van der Waals surface area contributed by atoms with E-state index in [1.807, 2.05) is 26.8 Å². The number of aromatic nitrogens is 3. The van der Waals surface area contributed by atoms with Crippen LogP contribution in [0.25, 0.3) is 4.96 Å². The van der Waals surface area contributed by atoms with Gasteiger partial charge in [-0.3, -0.25) is 4.79 Å². The van der Waals surface area contributed by atoms with E-state index >= 15 is 0 Å². The smallest absolute Gasteiger partial charge is 0.275 e. The van der Waals surface area contributed by atoms with Crippen molar-refractivity contribution in [1.82, 2.24) is 14.6 Å². The van der Waals surface area contributed by atoms with E-state index < -0.39 is 0 Å². The fraction of sp³-hybridized carbons (Fsp3) is 0.312. The highest BCUT2D eigenvalue weighted by Crippen LogP contribution is 2.27. The molecule has 7 heteroatoms. The lowest BCUT2D eigenvalue weighted by Gasteiger charge is -2.12. The number of benzene rings is 1. The topological polar surface area (TPSA) is 59.3 Å². The average Bonchev–Trinajstić information content (AvgIpc) is 2.90. The van der Waals surface area contributed by atoms with Gasteiger partial charge in [0.25, 0.3) is 5.56 Å². The van der Waals surface area contributed by atoms with Gasteiger partial charge in [-0.25, -0.2) is 4.98 Å². The third-order valence-corrected chi connectivity index (χ3v) is 4.87. The highest BCUT2D eigenvalue weighted by atomic mass is 35.5. The Bertz CT molecular complexity index is 908. The van der Waals surface area contributed by atoms with Gasteiger partial charge in [-0.15, -0.1) is 0 Å². The predicted octanol–water partition coefficient (Wildman–Crippen LogP) is 3.60. The van der Waals surface area contributed by atoms with Gasteiger partial charge in [0.05, 0.1) is 22.9 Å². The number of fused-ring (bicyclic) bond motifs is 1. The Morgan fingerprint density at radius 1 is 1.30 bits per heavy atom. The Balaban J connectivity index is 1.89. The number of halogens is 1. The Morgan fingerprint density at radius 3 is 2.78 bits per heavy atom. The largest absolute Gasteiger partial charge is 0.378 e. The van der Waals surface area contributed by atoms with Crippen LogP contribution in [0.1, 0.15) is 28.8 Å². The minimum Gasteiger partial charge on any atom is -0.378 e. The van der Waals surface area contributed by atoms with Gasteiger partial charge in [-0.05, 0) is 37.5 Å². The van der Waals surface area contributed by atoms with Crippen LogP contribution in [0.5, 0.6) is 0 Å². The molecule has 3 aromatic rings. The fourth-order valence-electron chi connectivity index (χ4n) is 2.45. The van der Waals surface area contributed by atoms with Gasteiger partial charge >= 0.3 is 0 Å². The zero-order valence-electron chi connectivity index (χ0n) is 13.2. The second-order valence-electron chi connectivity index (χ2n) is 5.42. The molecule has 0 aliphatic heterocycles. The first-order valence-electron chi connectivity index (χ1n) is 7.37. The van der Waals surface area contributed by atoms with Gasteiger partial charge in [0.2, 0.25) is 4.96 Å². The van der Waals surface area contributed by atoms with Crippen molar-refractivity contribution in [3.05, 3.63) is 55.4 Å². The highest BCUT2D eigenvalue weighted by molar-refractivity contribution is 7.16. The normalized spacial score (nSPS) is 11.1. The summed E-state index contributed by atoms with van der Waals surface area (Å²) in [5.41, 5.74) is 3.58. The number of nitrogens with zero attached hydrogens (tertiary/aromatic N) is 3. The molecule has 0 amide bonds. The van der Waals surface area contributed by atoms with Gasteiger partial charge in [-0.1, -0.05) is 35.9 Å². The Labute approximate surface area is 143 Å². The first-order chi connectivity index (χ1) is 11.0. The molecular formula is C16H17ClN4OS. The molecule has 23 heavy (non-hydrogen) atoms. The van der Waals surface area contributed by atoms with Gasteiger partial charge in [0, 0.05) is 6.07 Å². The minimum atomic E-state index is -0.158. The molecule has 3 rings (SSSR count). The summed E-state index contributed by atoms with van der Waals surface area (Å²) in [6.45, 7) is 6.46. The van der Waals surface area contributed by atoms with Crippen molar-refractivity contribution >= 4 is 33.6 Å². The summed E-state index contributed by atoms with van der Waals surface area (Å²) in [7, 11) is 0. The molecule has 2 aromatic heterocycles. The zero-order chi connectivity index (χ0) is 16.6. The van der Waals surface area contributed by atoms with Crippen molar-refractivity contribution in [1.29, 1.82) is 0 Å². The van der Waals surface area contributed by atoms with E-state index in [9.17, 15) is 4.79 Å². The molecule has 0 aliphatic rings. The second kappa shape index (κ2) is 6.29. The lowest BCUT2D eigenvalue weighted by atomic mass is 10.1. The van der Waals surface area contributed by atoms with Crippen LogP contribution in [0.3, 0.4) is 0 Å². The van der Waals surface area contributed by atoms with Gasteiger partial charge in [0.15, 0.2) is 0 Å². The van der Waals surface area contributed by atoms with E-state index in [-0.39, 0.29) is 5.56 Å². The molecule has 120 valence electrons. The molecule has 5 nitrogen and oxygen atoms in total. The lowest BCUT2D eigenvalue weighted by molar-refractivity contribution is 0.846. The Hall–Kier alpha value is -1.92. The molecule has 0 aliphatic carbocycles. The summed E-state index contributed by atoms with van der Waals surface area (Å²) in [6, 6.07) is 5.49. The maximum absolute atomic E-state index is 12.1. The van der Waals surface area contributed by atoms with E-state index in [4.69, 9.17) is 11.6 Å². The standard InChI is InChI=1S/C16H17ClN4OS/c1-4-13-20-21-14(22)7-11(19-16(21)23-13)8-18-15-10(3)5-9(2)6-12(15)17/h5-7,18H,4,8H2,1-3H3. The molecule has 0 radical (unpaired) electrons. The molecular weight excluding hydrogens is 332 g/mol. The number of hydrogen-bond acceptors (Lipinski definition) is 5. The molecule has 0 bridgehead atoms. The number of aryl methyl sites for hydroxylation is 3. The average molecular weight is 349 g/mol. The molecule has 0 saturated carbocycles. The maximum atomic E-state index is 12.1. The second-order valence-corrected chi connectivity index (χ2v) is 6.87. The number of nitrogens with one attached hydrogen (secondary N) is 1. The number of rotatable bonds is 4. The number of anilines is 1. The van der Waals surface area contributed by atoms with Gasteiger partial charge in [-0.2, -0.15) is 9.61 Å². The first-order valence-corrected chi connectivity index (χ1v) is 8.56. The van der Waals surface area contributed by atoms with E-state index in [2.05, 4.69) is 21.5 Å². The van der Waals surface area contributed by atoms with Gasteiger partial charge < -0.3 is 5.32 Å². The summed E-state index contributed by atoms with van der Waals surface area (Å²) < 4.78 is 1.36. The molecule has 1 N–H and O–H groups in total. The van der Waals surface area contributed by atoms with Gasteiger partial charge in [0.1, 0.15) is 5.01 Å². The summed E-state index contributed by atoms with van der Waals surface area (Å²) >= 11 is 7.74. The summed E-state index contributed by atoms with van der Waals surface area (Å²) in [5, 5.41) is 9.10. The number of hydrogen-bond donors (Lipinski definition) is 1. The van der Waals surface area contributed by atoms with Crippen LogP contribution in [0.15, 0.2) is 23.0 Å². The molecule has 0 unspecified atom stereocenters. The van der Waals surface area contributed by atoms with Crippen LogP contribution >= 0.6 is 22.9 Å². The third-order valence-electron chi connectivity index (χ3n) is 3.52. The highest BCUT2D eigenvalue weighted by Gasteiger charge is 2.09. The monoisotopic (exact) mass is 348 g/mol. The van der Waals surface area contributed by atoms with E-state index in [1.54, 1.807) is 0 Å². The third kappa shape index (κ3) is 3.23. The maximum Gasteiger partial charge on any atom is 0.275 e. The van der Waals surface area contributed by atoms with Crippen molar-refractivity contribution in [2.24, 2.45) is 0 Å². The Kier molecular flexibility index (Phi) is 4.37. The quantitative estimate of drug-likeness (QED) is 0.782. The van der Waals surface area contributed by atoms with Crippen molar-refractivity contribution in [3.8, 4) is 0 Å². The van der Waals surface area contributed by atoms with E-state index in [0.717, 1.165) is 28.2 Å². The van der Waals surface area contributed by atoms with Crippen molar-refractivity contribution < 1.29 is 0 Å². The molecule has 0 fully saturated rings. The lowest BCUT2D eigenvalue weighted by Crippen LogP contribution is -2.17. The molecule has 0 spiro atoms. The van der Waals surface area contributed by atoms with Crippen molar-refractivity contribution in [2.45, 2.75) is 33.7 Å². The Morgan fingerprint density at radius 2 is 2.09 bits per heavy atom. The molecule has 2 heterocycles. The van der Waals surface area contributed by atoms with Crippen LogP contribution < -0.4 is 10.9 Å². The van der Waals surface area contributed by atoms with Crippen LogP contribution in [0, 0.1) is 13.8 Å². The van der Waals surface area contributed by atoms with Crippen LogP contribution in [-0.2, 0) is 13.0 Å². The minimum absolute atomic E-state index is 0.158. The van der Waals surface area contributed by atoms with Crippen LogP contribution in [0.4, 0.5) is 5.69 Å². The summed E-state index contributed by atoms with van der Waals surface area (Å²) in [5.74, 6) is 0. The molecule has 0 saturated heterocycles. The summed E-state index contributed by atoms with van der Waals surface area (Å²) in [4.78, 5) is 17.3. The predicted molar refractivity (Wildman–Crippen MR) is 94.8 cm³/mol. The first kappa shape index (κ1) is 16.0. The molecule has 1 aromatic carbocycles. The van der Waals surface area contributed by atoms with Crippen LogP contribution in [0.2, 0.25) is 5.02 Å². The van der Waals surface area contributed by atoms with Crippen molar-refractivity contribution in [3.63, 3.8) is 0 Å². The fourth-order valence-corrected chi connectivity index (χ4v) is 3.69. The van der Waals surface area contributed by atoms with Crippen LogP contribution in [-0.4, -0.2) is 14.6 Å². The molecule has 0 atom stereocenters.